The van der Waals surface area contributed by atoms with Gasteiger partial charge in [0.25, 0.3) is 0 Å². The van der Waals surface area contributed by atoms with Gasteiger partial charge in [-0.15, -0.1) is 12.4 Å². The number of amidine groups is 1. The highest BCUT2D eigenvalue weighted by molar-refractivity contribution is 5.85. The van der Waals surface area contributed by atoms with E-state index in [1.807, 2.05) is 37.3 Å². The van der Waals surface area contributed by atoms with Crippen LogP contribution in [0, 0.1) is 11.2 Å². The zero-order chi connectivity index (χ0) is 13.8. The standard InChI is InChI=1S/C16H17FN2.ClH/c1-11(9-16(18)19)12-5-7-13(8-6-12)14-3-2-4-15(17)10-14;/h2-8,10-11H,9H2,1H3,(H3,18,19);1H. The molecule has 1 unspecified atom stereocenters. The molecule has 2 nitrogen and oxygen atoms in total. The summed E-state index contributed by atoms with van der Waals surface area (Å²) in [5.41, 5.74) is 8.40. The van der Waals surface area contributed by atoms with Crippen LogP contribution in [0.5, 0.6) is 0 Å². The molecule has 0 amide bonds. The Balaban J connectivity index is 0.00000200. The zero-order valence-electron chi connectivity index (χ0n) is 11.3. The van der Waals surface area contributed by atoms with Crippen LogP contribution >= 0.6 is 12.4 Å². The third-order valence-corrected chi connectivity index (χ3v) is 3.16. The Labute approximate surface area is 124 Å². The van der Waals surface area contributed by atoms with E-state index in [9.17, 15) is 4.39 Å². The Hall–Kier alpha value is -1.87. The smallest absolute Gasteiger partial charge is 0.123 e. The summed E-state index contributed by atoms with van der Waals surface area (Å²) >= 11 is 0. The molecule has 0 fully saturated rings. The van der Waals surface area contributed by atoms with Crippen molar-refractivity contribution in [3.05, 3.63) is 59.9 Å². The molecule has 0 spiro atoms. The van der Waals surface area contributed by atoms with Gasteiger partial charge in [0.05, 0.1) is 5.84 Å². The van der Waals surface area contributed by atoms with Crippen LogP contribution in [0.1, 0.15) is 24.8 Å². The zero-order valence-corrected chi connectivity index (χ0v) is 12.1. The average Bonchev–Trinajstić information content (AvgIpc) is 2.38. The van der Waals surface area contributed by atoms with Crippen LogP contribution in [-0.2, 0) is 0 Å². The van der Waals surface area contributed by atoms with Gasteiger partial charge in [0.15, 0.2) is 0 Å². The molecule has 0 aromatic heterocycles. The van der Waals surface area contributed by atoms with Crippen molar-refractivity contribution in [2.24, 2.45) is 5.73 Å². The number of halogens is 2. The summed E-state index contributed by atoms with van der Waals surface area (Å²) in [5, 5.41) is 7.31. The highest BCUT2D eigenvalue weighted by atomic mass is 35.5. The fourth-order valence-corrected chi connectivity index (χ4v) is 2.12. The highest BCUT2D eigenvalue weighted by Crippen LogP contribution is 2.24. The van der Waals surface area contributed by atoms with Crippen LogP contribution in [0.4, 0.5) is 4.39 Å². The number of nitrogens with one attached hydrogen (secondary N) is 1. The normalized spacial score (nSPS) is 11.5. The fraction of sp³-hybridized carbons (Fsp3) is 0.188. The largest absolute Gasteiger partial charge is 0.388 e. The van der Waals surface area contributed by atoms with Gasteiger partial charge in [-0.25, -0.2) is 4.39 Å². The van der Waals surface area contributed by atoms with Gasteiger partial charge in [-0.2, -0.15) is 0 Å². The molecule has 0 aliphatic heterocycles. The number of rotatable bonds is 4. The second-order valence-electron chi connectivity index (χ2n) is 4.76. The molecule has 0 saturated carbocycles. The molecule has 2 aromatic carbocycles. The van der Waals surface area contributed by atoms with Crippen molar-refractivity contribution in [3.8, 4) is 11.1 Å². The topological polar surface area (TPSA) is 49.9 Å². The van der Waals surface area contributed by atoms with Gasteiger partial charge >= 0.3 is 0 Å². The van der Waals surface area contributed by atoms with E-state index in [4.69, 9.17) is 11.1 Å². The van der Waals surface area contributed by atoms with Crippen LogP contribution in [0.25, 0.3) is 11.1 Å². The minimum absolute atomic E-state index is 0. The third kappa shape index (κ3) is 4.07. The van der Waals surface area contributed by atoms with Gasteiger partial charge in [-0.1, -0.05) is 43.3 Å². The molecule has 1 atom stereocenters. The molecular formula is C16H18ClFN2. The molecule has 0 aliphatic carbocycles. The van der Waals surface area contributed by atoms with Gasteiger partial charge in [0.2, 0.25) is 0 Å². The average molecular weight is 293 g/mol. The minimum atomic E-state index is -0.230. The number of nitrogens with two attached hydrogens (primary N) is 1. The van der Waals surface area contributed by atoms with Gasteiger partial charge in [0.1, 0.15) is 5.82 Å². The number of hydrogen-bond donors (Lipinski definition) is 2. The van der Waals surface area contributed by atoms with Crippen molar-refractivity contribution in [1.82, 2.24) is 0 Å². The van der Waals surface area contributed by atoms with E-state index in [1.54, 1.807) is 6.07 Å². The predicted octanol–water partition coefficient (Wildman–Crippen LogP) is 4.34. The minimum Gasteiger partial charge on any atom is -0.388 e. The molecule has 0 heterocycles. The van der Waals surface area contributed by atoms with E-state index < -0.39 is 0 Å². The van der Waals surface area contributed by atoms with E-state index in [2.05, 4.69) is 0 Å². The number of hydrogen-bond acceptors (Lipinski definition) is 1. The van der Waals surface area contributed by atoms with E-state index in [0.29, 0.717) is 6.42 Å². The number of benzene rings is 2. The maximum Gasteiger partial charge on any atom is 0.123 e. The van der Waals surface area contributed by atoms with Crippen molar-refractivity contribution in [3.63, 3.8) is 0 Å². The lowest BCUT2D eigenvalue weighted by Gasteiger charge is -2.11. The maximum absolute atomic E-state index is 13.2. The molecule has 0 bridgehead atoms. The summed E-state index contributed by atoms with van der Waals surface area (Å²) in [6.07, 6.45) is 0.555. The highest BCUT2D eigenvalue weighted by Gasteiger charge is 2.07. The molecule has 2 aromatic rings. The van der Waals surface area contributed by atoms with Crippen molar-refractivity contribution in [2.45, 2.75) is 19.3 Å². The molecule has 0 aliphatic rings. The van der Waals surface area contributed by atoms with Gasteiger partial charge < -0.3 is 5.73 Å². The molecule has 0 saturated heterocycles. The first-order valence-corrected chi connectivity index (χ1v) is 6.25. The molecule has 4 heteroatoms. The van der Waals surface area contributed by atoms with Gasteiger partial charge in [0, 0.05) is 6.42 Å². The van der Waals surface area contributed by atoms with Crippen LogP contribution in [-0.4, -0.2) is 5.84 Å². The van der Waals surface area contributed by atoms with E-state index in [0.717, 1.165) is 16.7 Å². The lowest BCUT2D eigenvalue weighted by atomic mass is 9.95. The molecule has 3 N–H and O–H groups in total. The van der Waals surface area contributed by atoms with E-state index in [1.165, 1.54) is 12.1 Å². The molecular weight excluding hydrogens is 275 g/mol. The quantitative estimate of drug-likeness (QED) is 0.639. The molecule has 20 heavy (non-hydrogen) atoms. The van der Waals surface area contributed by atoms with Crippen LogP contribution in [0.15, 0.2) is 48.5 Å². The monoisotopic (exact) mass is 292 g/mol. The Morgan fingerprint density at radius 2 is 1.80 bits per heavy atom. The second kappa shape index (κ2) is 7.06. The van der Waals surface area contributed by atoms with Gasteiger partial charge in [-0.3, -0.25) is 5.41 Å². The summed E-state index contributed by atoms with van der Waals surface area (Å²) in [7, 11) is 0. The first kappa shape index (κ1) is 16.2. The summed E-state index contributed by atoms with van der Waals surface area (Å²) in [4.78, 5) is 0. The summed E-state index contributed by atoms with van der Waals surface area (Å²) in [6.45, 7) is 2.04. The van der Waals surface area contributed by atoms with Crippen molar-refractivity contribution in [2.75, 3.05) is 0 Å². The lowest BCUT2D eigenvalue weighted by Crippen LogP contribution is -2.12. The molecule has 2 rings (SSSR count). The van der Waals surface area contributed by atoms with Gasteiger partial charge in [-0.05, 0) is 34.7 Å². The maximum atomic E-state index is 13.2. The van der Waals surface area contributed by atoms with Crippen LogP contribution < -0.4 is 5.73 Å². The van der Waals surface area contributed by atoms with Crippen LogP contribution in [0.2, 0.25) is 0 Å². The molecule has 106 valence electrons. The lowest BCUT2D eigenvalue weighted by molar-refractivity contribution is 0.628. The first-order valence-electron chi connectivity index (χ1n) is 6.25. The Kier molecular flexibility index (Phi) is 5.71. The van der Waals surface area contributed by atoms with Crippen molar-refractivity contribution >= 4 is 18.2 Å². The summed E-state index contributed by atoms with van der Waals surface area (Å²) in [5.74, 6) is 0.187. The fourth-order valence-electron chi connectivity index (χ4n) is 2.12. The van der Waals surface area contributed by atoms with Crippen molar-refractivity contribution < 1.29 is 4.39 Å². The third-order valence-electron chi connectivity index (χ3n) is 3.16. The van der Waals surface area contributed by atoms with E-state index >= 15 is 0 Å². The van der Waals surface area contributed by atoms with Crippen molar-refractivity contribution in [1.29, 1.82) is 5.41 Å². The summed E-state index contributed by atoms with van der Waals surface area (Å²) in [6, 6.07) is 14.5. The summed E-state index contributed by atoms with van der Waals surface area (Å²) < 4.78 is 13.2. The van der Waals surface area contributed by atoms with Crippen LogP contribution in [0.3, 0.4) is 0 Å². The SMILES string of the molecule is CC(CC(=N)N)c1ccc(-c2cccc(F)c2)cc1.Cl. The Bertz CT molecular complexity index is 581. The Morgan fingerprint density at radius 3 is 2.35 bits per heavy atom. The Morgan fingerprint density at radius 1 is 1.15 bits per heavy atom. The second-order valence-corrected chi connectivity index (χ2v) is 4.76. The predicted molar refractivity (Wildman–Crippen MR) is 84.0 cm³/mol. The molecule has 0 radical (unpaired) electrons. The first-order chi connectivity index (χ1) is 9.06. The van der Waals surface area contributed by atoms with E-state index in [-0.39, 0.29) is 30.0 Å².